The van der Waals surface area contributed by atoms with Crippen molar-refractivity contribution in [3.63, 3.8) is 0 Å². The van der Waals surface area contributed by atoms with Gasteiger partial charge in [0.05, 0.1) is 4.21 Å². The molecule has 0 aliphatic heterocycles. The molecule has 0 N–H and O–H groups in total. The van der Waals surface area contributed by atoms with E-state index < -0.39 is 0 Å². The number of hydrogen-bond acceptors (Lipinski definition) is 3. The maximum Gasteiger partial charge on any atom is 0.159 e. The Morgan fingerprint density at radius 2 is 2.14 bits per heavy atom. The van der Waals surface area contributed by atoms with Crippen molar-refractivity contribution in [3.05, 3.63) is 29.8 Å². The van der Waals surface area contributed by atoms with Crippen LogP contribution in [0.1, 0.15) is 17.3 Å². The molecule has 3 heteroatoms. The van der Waals surface area contributed by atoms with E-state index in [2.05, 4.69) is 12.3 Å². The monoisotopic (exact) mass is 222 g/mol. The number of carbonyl (C=O) groups excluding carboxylic acids is 1. The molecule has 0 saturated heterocycles. The summed E-state index contributed by atoms with van der Waals surface area (Å²) in [6.45, 7) is 1.60. The molecule has 0 fully saturated rings. The molecule has 1 aromatic carbocycles. The lowest BCUT2D eigenvalue weighted by Crippen LogP contribution is -1.89. The first kappa shape index (κ1) is 9.74. The van der Waals surface area contributed by atoms with E-state index >= 15 is 0 Å². The topological polar surface area (TPSA) is 17.1 Å². The summed E-state index contributed by atoms with van der Waals surface area (Å²) in [7, 11) is 0. The van der Waals surface area contributed by atoms with Gasteiger partial charge in [-0.15, -0.1) is 23.1 Å². The van der Waals surface area contributed by atoms with Crippen molar-refractivity contribution >= 4 is 39.0 Å². The second kappa shape index (κ2) is 3.75. The van der Waals surface area contributed by atoms with Crippen LogP contribution in [0.15, 0.2) is 28.5 Å². The van der Waals surface area contributed by atoms with Crippen LogP contribution in [0, 0.1) is 0 Å². The van der Waals surface area contributed by atoms with Crippen LogP contribution in [-0.2, 0) is 0 Å². The first-order valence-corrected chi connectivity index (χ1v) is 6.33. The Bertz CT molecular complexity index is 485. The largest absolute Gasteiger partial charge is 0.295 e. The van der Waals surface area contributed by atoms with Crippen molar-refractivity contribution in [1.29, 1.82) is 0 Å². The Morgan fingerprint density at radius 3 is 2.79 bits per heavy atom. The van der Waals surface area contributed by atoms with Crippen molar-refractivity contribution in [2.24, 2.45) is 0 Å². The van der Waals surface area contributed by atoms with Gasteiger partial charge >= 0.3 is 0 Å². The third-order valence-corrected chi connectivity index (χ3v) is 4.28. The predicted octanol–water partition coefficient (Wildman–Crippen LogP) is 3.83. The minimum Gasteiger partial charge on any atom is -0.295 e. The molecule has 2 aromatic rings. The van der Waals surface area contributed by atoms with Crippen LogP contribution in [-0.4, -0.2) is 12.0 Å². The van der Waals surface area contributed by atoms with Gasteiger partial charge in [-0.1, -0.05) is 0 Å². The highest BCUT2D eigenvalue weighted by atomic mass is 32.2. The Kier molecular flexibility index (Phi) is 2.61. The van der Waals surface area contributed by atoms with Gasteiger partial charge in [-0.2, -0.15) is 0 Å². The summed E-state index contributed by atoms with van der Waals surface area (Å²) in [6.07, 6.45) is 2.07. The van der Waals surface area contributed by atoms with Crippen molar-refractivity contribution in [1.82, 2.24) is 0 Å². The molecule has 0 unspecified atom stereocenters. The van der Waals surface area contributed by atoms with E-state index in [1.54, 1.807) is 30.0 Å². The van der Waals surface area contributed by atoms with E-state index in [-0.39, 0.29) is 5.78 Å². The fourth-order valence-corrected chi connectivity index (χ4v) is 2.96. The molecule has 0 amide bonds. The fraction of sp³-hybridized carbons (Fsp3) is 0.182. The normalized spacial score (nSPS) is 10.7. The molecule has 0 radical (unpaired) electrons. The number of rotatable bonds is 2. The van der Waals surface area contributed by atoms with E-state index in [4.69, 9.17) is 0 Å². The molecular formula is C11H10OS2. The molecular weight excluding hydrogens is 212 g/mol. The van der Waals surface area contributed by atoms with E-state index in [1.807, 2.05) is 18.2 Å². The zero-order valence-electron chi connectivity index (χ0n) is 8.03. The van der Waals surface area contributed by atoms with Gasteiger partial charge in [0.1, 0.15) is 0 Å². The van der Waals surface area contributed by atoms with Gasteiger partial charge in [0, 0.05) is 10.3 Å². The second-order valence-corrected chi connectivity index (χ2v) is 5.27. The summed E-state index contributed by atoms with van der Waals surface area (Å²) in [6, 6.07) is 8.02. The maximum absolute atomic E-state index is 11.2. The number of thiophene rings is 1. The van der Waals surface area contributed by atoms with Gasteiger partial charge in [0.2, 0.25) is 0 Å². The minimum atomic E-state index is 0.129. The van der Waals surface area contributed by atoms with Crippen molar-refractivity contribution in [2.45, 2.75) is 11.1 Å². The molecule has 0 atom stereocenters. The molecule has 1 aromatic heterocycles. The average Bonchev–Trinajstić information content (AvgIpc) is 2.58. The van der Waals surface area contributed by atoms with Crippen LogP contribution in [0.5, 0.6) is 0 Å². The van der Waals surface area contributed by atoms with Crippen LogP contribution in [0.3, 0.4) is 0 Å². The highest BCUT2D eigenvalue weighted by Crippen LogP contribution is 2.32. The van der Waals surface area contributed by atoms with E-state index in [0.717, 1.165) is 5.56 Å². The third kappa shape index (κ3) is 1.70. The van der Waals surface area contributed by atoms with Gasteiger partial charge in [-0.05, 0) is 42.8 Å². The van der Waals surface area contributed by atoms with E-state index in [9.17, 15) is 4.79 Å². The Labute approximate surface area is 91.1 Å². The highest BCUT2D eigenvalue weighted by molar-refractivity contribution is 8.00. The predicted molar refractivity (Wildman–Crippen MR) is 63.6 cm³/mol. The van der Waals surface area contributed by atoms with Crippen molar-refractivity contribution in [2.75, 3.05) is 6.26 Å². The first-order valence-electron chi connectivity index (χ1n) is 4.29. The summed E-state index contributed by atoms with van der Waals surface area (Å²) in [4.78, 5) is 11.2. The zero-order chi connectivity index (χ0) is 10.1. The molecule has 1 nitrogen and oxygen atoms in total. The first-order chi connectivity index (χ1) is 6.70. The third-order valence-electron chi connectivity index (χ3n) is 2.10. The lowest BCUT2D eigenvalue weighted by atomic mass is 10.1. The summed E-state index contributed by atoms with van der Waals surface area (Å²) >= 11 is 3.51. The summed E-state index contributed by atoms with van der Waals surface area (Å²) in [5, 5.41) is 1.17. The summed E-state index contributed by atoms with van der Waals surface area (Å²) in [5.74, 6) is 0.129. The Hall–Kier alpha value is -0.800. The molecule has 0 spiro atoms. The molecule has 2 rings (SSSR count). The molecule has 0 aliphatic rings. The summed E-state index contributed by atoms with van der Waals surface area (Å²) < 4.78 is 2.54. The molecule has 72 valence electrons. The number of thioether (sulfide) groups is 1. The van der Waals surface area contributed by atoms with Crippen LogP contribution in [0.25, 0.3) is 10.1 Å². The number of fused-ring (bicyclic) bond motifs is 1. The Morgan fingerprint density at radius 1 is 1.36 bits per heavy atom. The van der Waals surface area contributed by atoms with Crippen LogP contribution >= 0.6 is 23.1 Å². The van der Waals surface area contributed by atoms with Gasteiger partial charge < -0.3 is 0 Å². The van der Waals surface area contributed by atoms with Crippen molar-refractivity contribution < 1.29 is 4.79 Å². The molecule has 0 bridgehead atoms. The standard InChI is InChI=1S/C11H10OS2/c1-7(12)8-3-4-10-9(5-8)6-11(13-2)14-10/h3-6H,1-2H3. The second-order valence-electron chi connectivity index (χ2n) is 3.08. The zero-order valence-corrected chi connectivity index (χ0v) is 9.67. The minimum absolute atomic E-state index is 0.129. The fourth-order valence-electron chi connectivity index (χ4n) is 1.34. The van der Waals surface area contributed by atoms with Crippen LogP contribution < -0.4 is 0 Å². The smallest absolute Gasteiger partial charge is 0.159 e. The average molecular weight is 222 g/mol. The molecule has 1 heterocycles. The van der Waals surface area contributed by atoms with Gasteiger partial charge in [0.15, 0.2) is 5.78 Å². The molecule has 0 aliphatic carbocycles. The van der Waals surface area contributed by atoms with Crippen LogP contribution in [0.4, 0.5) is 0 Å². The van der Waals surface area contributed by atoms with Gasteiger partial charge in [-0.3, -0.25) is 4.79 Å². The number of benzene rings is 1. The Balaban J connectivity index is 2.59. The van der Waals surface area contributed by atoms with Crippen LogP contribution in [0.2, 0.25) is 0 Å². The SMILES string of the molecule is CSc1cc2cc(C(C)=O)ccc2s1. The summed E-state index contributed by atoms with van der Waals surface area (Å²) in [5.41, 5.74) is 0.794. The van der Waals surface area contributed by atoms with Gasteiger partial charge in [0.25, 0.3) is 0 Å². The number of Topliss-reactive ketones (excluding diaryl/α,β-unsaturated/α-hetero) is 1. The van der Waals surface area contributed by atoms with Gasteiger partial charge in [-0.25, -0.2) is 0 Å². The van der Waals surface area contributed by atoms with E-state index in [0.29, 0.717) is 0 Å². The number of carbonyl (C=O) groups is 1. The maximum atomic E-state index is 11.2. The van der Waals surface area contributed by atoms with Crippen molar-refractivity contribution in [3.8, 4) is 0 Å². The lowest BCUT2D eigenvalue weighted by Gasteiger charge is -1.94. The molecule has 14 heavy (non-hydrogen) atoms. The quantitative estimate of drug-likeness (QED) is 0.567. The number of ketones is 1. The molecule has 0 saturated carbocycles. The lowest BCUT2D eigenvalue weighted by molar-refractivity contribution is 0.101. The highest BCUT2D eigenvalue weighted by Gasteiger charge is 2.04. The number of hydrogen-bond donors (Lipinski definition) is 0. The van der Waals surface area contributed by atoms with E-state index in [1.165, 1.54) is 14.3 Å².